The van der Waals surface area contributed by atoms with E-state index < -0.39 is 49.7 Å². The van der Waals surface area contributed by atoms with Crippen molar-refractivity contribution in [1.29, 1.82) is 0 Å². The van der Waals surface area contributed by atoms with Crippen molar-refractivity contribution in [3.05, 3.63) is 125 Å². The molecule has 12 nitrogen and oxygen atoms in total. The van der Waals surface area contributed by atoms with Gasteiger partial charge in [0.1, 0.15) is 18.1 Å². The van der Waals surface area contributed by atoms with E-state index in [1.54, 1.807) is 42.5 Å². The van der Waals surface area contributed by atoms with Gasteiger partial charge in [-0.25, -0.2) is 18.2 Å². The summed E-state index contributed by atoms with van der Waals surface area (Å²) in [6.45, 7) is -0.990. The Morgan fingerprint density at radius 1 is 0.907 bits per heavy atom. The van der Waals surface area contributed by atoms with E-state index in [9.17, 15) is 32.5 Å². The number of rotatable bonds is 12. The zero-order valence-corrected chi connectivity index (χ0v) is 23.1. The molecule has 0 radical (unpaired) electrons. The van der Waals surface area contributed by atoms with E-state index in [1.807, 2.05) is 0 Å². The van der Waals surface area contributed by atoms with Crippen LogP contribution in [-0.2, 0) is 19.6 Å². The summed E-state index contributed by atoms with van der Waals surface area (Å²) < 4.78 is 46.1. The number of carbonyl (C=O) groups is 2. The molecule has 0 unspecified atom stereocenters. The van der Waals surface area contributed by atoms with Gasteiger partial charge in [0.05, 0.1) is 16.8 Å². The normalized spacial score (nSPS) is 11.1. The van der Waals surface area contributed by atoms with Gasteiger partial charge in [0.15, 0.2) is 11.5 Å². The fraction of sp³-hybridized carbons (Fsp3) is 0.0690. The number of nitro benzene ring substituents is 1. The van der Waals surface area contributed by atoms with Crippen LogP contribution in [0.5, 0.6) is 5.75 Å². The Balaban J connectivity index is 1.37. The van der Waals surface area contributed by atoms with Crippen molar-refractivity contribution in [3.8, 4) is 5.75 Å². The summed E-state index contributed by atoms with van der Waals surface area (Å²) in [6, 6.07) is 24.2. The molecule has 0 saturated carbocycles. The van der Waals surface area contributed by atoms with E-state index in [-0.39, 0.29) is 12.3 Å². The number of amides is 2. The number of ether oxygens (including phenoxy) is 1. The Hall–Kier alpha value is -5.63. The fourth-order valence-corrected chi connectivity index (χ4v) is 5.31. The van der Waals surface area contributed by atoms with Crippen LogP contribution in [0.3, 0.4) is 0 Å². The molecule has 4 aromatic rings. The maximum atomic E-state index is 13.5. The third-order valence-corrected chi connectivity index (χ3v) is 7.56. The molecule has 0 aliphatic heterocycles. The number of nitro groups is 1. The molecule has 4 aromatic carbocycles. The van der Waals surface area contributed by atoms with Crippen LogP contribution < -0.4 is 19.8 Å². The maximum Gasteiger partial charge on any atom is 0.289 e. The van der Waals surface area contributed by atoms with Crippen molar-refractivity contribution in [1.82, 2.24) is 5.43 Å². The molecule has 2 amide bonds. The molecule has 2 N–H and O–H groups in total. The first-order valence-electron chi connectivity index (χ1n) is 12.5. The summed E-state index contributed by atoms with van der Waals surface area (Å²) in [5.74, 6) is -1.27. The highest BCUT2D eigenvalue weighted by atomic mass is 32.2. The first-order chi connectivity index (χ1) is 20.6. The second-order valence-corrected chi connectivity index (χ2v) is 10.6. The zero-order chi connectivity index (χ0) is 30.8. The van der Waals surface area contributed by atoms with Gasteiger partial charge in [0.2, 0.25) is 0 Å². The summed E-state index contributed by atoms with van der Waals surface area (Å²) in [5.41, 5.74) is 2.74. The molecule has 14 heteroatoms. The average molecular weight is 606 g/mol. The summed E-state index contributed by atoms with van der Waals surface area (Å²) in [7, 11) is -4.52. The topological polar surface area (TPSA) is 160 Å². The lowest BCUT2D eigenvalue weighted by molar-refractivity contribution is -0.387. The monoisotopic (exact) mass is 605 g/mol. The lowest BCUT2D eigenvalue weighted by Crippen LogP contribution is -2.39. The van der Waals surface area contributed by atoms with Gasteiger partial charge >= 0.3 is 0 Å². The molecule has 0 aromatic heterocycles. The number of para-hydroxylation sites is 2. The Labute approximate surface area is 245 Å². The Morgan fingerprint density at radius 3 is 2.23 bits per heavy atom. The van der Waals surface area contributed by atoms with Crippen molar-refractivity contribution in [2.75, 3.05) is 22.8 Å². The molecule has 0 aliphatic rings. The van der Waals surface area contributed by atoms with Crippen LogP contribution in [0.4, 0.5) is 21.5 Å². The van der Waals surface area contributed by atoms with Gasteiger partial charge in [0.25, 0.3) is 27.5 Å². The summed E-state index contributed by atoms with van der Waals surface area (Å²) in [5, 5.41) is 17.9. The van der Waals surface area contributed by atoms with Crippen molar-refractivity contribution in [2.45, 2.75) is 4.90 Å². The van der Waals surface area contributed by atoms with E-state index in [1.165, 1.54) is 54.7 Å². The number of hydrazone groups is 1. The number of carbonyl (C=O) groups excluding carboxylic acids is 2. The summed E-state index contributed by atoms with van der Waals surface area (Å²) in [6.07, 6.45) is 1.31. The molecule has 220 valence electrons. The number of halogens is 1. The molecule has 0 atom stereocenters. The van der Waals surface area contributed by atoms with Crippen LogP contribution in [0.1, 0.15) is 5.56 Å². The SMILES string of the molecule is O=C(CN(c1ccccc1)S(=O)(=O)c1ccccc1[N+](=O)[O-])NN=Cc1ccc(OCC(=O)Nc2ccc(F)cc2)cc1. The van der Waals surface area contributed by atoms with Crippen LogP contribution in [0, 0.1) is 15.9 Å². The van der Waals surface area contributed by atoms with Crippen LogP contribution >= 0.6 is 0 Å². The second kappa shape index (κ2) is 13.8. The number of sulfonamides is 1. The standard InChI is InChI=1S/C29H24FN5O7S/c30-22-12-14-23(15-13-22)32-29(37)20-42-25-16-10-21(11-17-25)18-31-33-28(36)19-34(24-6-2-1-3-7-24)43(40,41)27-9-5-4-8-26(27)35(38)39/h1-18H,19-20H2,(H,32,37)(H,33,36). The number of benzene rings is 4. The van der Waals surface area contributed by atoms with Gasteiger partial charge in [-0.3, -0.25) is 24.0 Å². The summed E-state index contributed by atoms with van der Waals surface area (Å²) in [4.78, 5) is 34.9. The van der Waals surface area contributed by atoms with Crippen molar-refractivity contribution in [3.63, 3.8) is 0 Å². The van der Waals surface area contributed by atoms with Crippen molar-refractivity contribution in [2.24, 2.45) is 5.10 Å². The van der Waals surface area contributed by atoms with Gasteiger partial charge in [-0.1, -0.05) is 30.3 Å². The van der Waals surface area contributed by atoms with Crippen LogP contribution in [0.25, 0.3) is 0 Å². The minimum absolute atomic E-state index is 0.127. The minimum Gasteiger partial charge on any atom is -0.484 e. The largest absolute Gasteiger partial charge is 0.484 e. The highest BCUT2D eigenvalue weighted by molar-refractivity contribution is 7.93. The predicted molar refractivity (Wildman–Crippen MR) is 157 cm³/mol. The lowest BCUT2D eigenvalue weighted by Gasteiger charge is -2.23. The quantitative estimate of drug-likeness (QED) is 0.140. The van der Waals surface area contributed by atoms with Crippen molar-refractivity contribution >= 4 is 45.1 Å². The van der Waals surface area contributed by atoms with Crippen LogP contribution in [0.2, 0.25) is 0 Å². The fourth-order valence-electron chi connectivity index (χ4n) is 3.73. The van der Waals surface area contributed by atoms with E-state index in [4.69, 9.17) is 4.74 Å². The molecular formula is C29H24FN5O7S. The van der Waals surface area contributed by atoms with Gasteiger partial charge in [-0.15, -0.1) is 0 Å². The first-order valence-corrected chi connectivity index (χ1v) is 14.0. The van der Waals surface area contributed by atoms with Gasteiger partial charge < -0.3 is 10.1 Å². The summed E-state index contributed by atoms with van der Waals surface area (Å²) >= 11 is 0. The molecule has 4 rings (SSSR count). The number of nitrogens with zero attached hydrogens (tertiary/aromatic N) is 3. The van der Waals surface area contributed by atoms with Crippen LogP contribution in [-0.4, -0.2) is 44.5 Å². The lowest BCUT2D eigenvalue weighted by atomic mass is 10.2. The third-order valence-electron chi connectivity index (χ3n) is 5.74. The second-order valence-electron chi connectivity index (χ2n) is 8.78. The van der Waals surface area contributed by atoms with Gasteiger partial charge in [-0.2, -0.15) is 5.10 Å². The van der Waals surface area contributed by atoms with E-state index in [2.05, 4.69) is 15.8 Å². The molecule has 0 bridgehead atoms. The van der Waals surface area contributed by atoms with Crippen molar-refractivity contribution < 1.29 is 32.1 Å². The number of anilines is 2. The highest BCUT2D eigenvalue weighted by Gasteiger charge is 2.33. The predicted octanol–water partition coefficient (Wildman–Crippen LogP) is 4.10. The zero-order valence-electron chi connectivity index (χ0n) is 22.3. The number of hydrogen-bond acceptors (Lipinski definition) is 8. The number of hydrogen-bond donors (Lipinski definition) is 2. The molecule has 0 spiro atoms. The molecule has 0 aliphatic carbocycles. The van der Waals surface area contributed by atoms with E-state index in [0.29, 0.717) is 17.0 Å². The first kappa shape index (κ1) is 30.3. The van der Waals surface area contributed by atoms with E-state index in [0.717, 1.165) is 16.4 Å². The maximum absolute atomic E-state index is 13.5. The smallest absolute Gasteiger partial charge is 0.289 e. The average Bonchev–Trinajstić information content (AvgIpc) is 3.01. The molecule has 0 heterocycles. The number of nitrogens with one attached hydrogen (secondary N) is 2. The third kappa shape index (κ3) is 8.20. The molecule has 0 fully saturated rings. The Bertz CT molecular complexity index is 1730. The van der Waals surface area contributed by atoms with Gasteiger partial charge in [-0.05, 0) is 72.3 Å². The molecule has 43 heavy (non-hydrogen) atoms. The van der Waals surface area contributed by atoms with E-state index >= 15 is 0 Å². The molecule has 0 saturated heterocycles. The highest BCUT2D eigenvalue weighted by Crippen LogP contribution is 2.29. The van der Waals surface area contributed by atoms with Crippen LogP contribution in [0.15, 0.2) is 113 Å². The van der Waals surface area contributed by atoms with Gasteiger partial charge in [0, 0.05) is 11.8 Å². The Morgan fingerprint density at radius 2 is 1.56 bits per heavy atom. The minimum atomic E-state index is -4.52. The molecular weight excluding hydrogens is 581 g/mol. The Kier molecular flexibility index (Phi) is 9.75.